The van der Waals surface area contributed by atoms with E-state index in [1.54, 1.807) is 0 Å². The summed E-state index contributed by atoms with van der Waals surface area (Å²) in [6.45, 7) is 5.85. The highest BCUT2D eigenvalue weighted by atomic mass is 16.5. The van der Waals surface area contributed by atoms with Crippen LogP contribution < -0.4 is 10.5 Å². The van der Waals surface area contributed by atoms with E-state index in [1.807, 2.05) is 42.5 Å². The molecule has 0 unspecified atom stereocenters. The van der Waals surface area contributed by atoms with E-state index in [-0.39, 0.29) is 6.02 Å². The lowest BCUT2D eigenvalue weighted by Crippen LogP contribution is -2.29. The zero-order valence-corrected chi connectivity index (χ0v) is 15.6. The SMILES string of the molecule is CCCN(CCc1ccc(OC(N)=Nc2ccccc2)cc1)CC1CC1. The Labute approximate surface area is 156 Å². The van der Waals surface area contributed by atoms with Crippen LogP contribution in [0.2, 0.25) is 0 Å². The van der Waals surface area contributed by atoms with Gasteiger partial charge < -0.3 is 15.4 Å². The molecule has 138 valence electrons. The highest BCUT2D eigenvalue weighted by molar-refractivity contribution is 5.77. The zero-order chi connectivity index (χ0) is 18.2. The lowest BCUT2D eigenvalue weighted by Gasteiger charge is -2.21. The third kappa shape index (κ3) is 6.19. The van der Waals surface area contributed by atoms with Crippen LogP contribution in [0.25, 0.3) is 0 Å². The molecule has 0 aliphatic heterocycles. The second kappa shape index (κ2) is 9.39. The molecular formula is C22H29N3O. The first-order chi connectivity index (χ1) is 12.7. The normalized spacial score (nSPS) is 14.6. The molecule has 2 N–H and O–H groups in total. The van der Waals surface area contributed by atoms with Gasteiger partial charge in [-0.1, -0.05) is 37.3 Å². The molecule has 0 spiro atoms. The summed E-state index contributed by atoms with van der Waals surface area (Å²) in [7, 11) is 0. The van der Waals surface area contributed by atoms with Crippen molar-refractivity contribution in [1.29, 1.82) is 0 Å². The summed E-state index contributed by atoms with van der Waals surface area (Å²) in [5, 5.41) is 0. The fourth-order valence-electron chi connectivity index (χ4n) is 3.06. The molecule has 4 nitrogen and oxygen atoms in total. The molecule has 1 fully saturated rings. The van der Waals surface area contributed by atoms with Crippen LogP contribution in [-0.2, 0) is 6.42 Å². The van der Waals surface area contributed by atoms with E-state index in [1.165, 1.54) is 37.9 Å². The molecule has 1 aliphatic carbocycles. The number of benzene rings is 2. The van der Waals surface area contributed by atoms with E-state index in [9.17, 15) is 0 Å². The summed E-state index contributed by atoms with van der Waals surface area (Å²) in [6, 6.07) is 17.9. The fourth-order valence-corrected chi connectivity index (χ4v) is 3.06. The van der Waals surface area contributed by atoms with Crippen molar-refractivity contribution in [3.8, 4) is 5.75 Å². The van der Waals surface area contributed by atoms with E-state index in [2.05, 4.69) is 28.9 Å². The molecule has 0 saturated heterocycles. The summed E-state index contributed by atoms with van der Waals surface area (Å²) in [6.07, 6.45) is 5.12. The monoisotopic (exact) mass is 351 g/mol. The predicted molar refractivity (Wildman–Crippen MR) is 108 cm³/mol. The molecule has 3 rings (SSSR count). The molecule has 0 radical (unpaired) electrons. The first-order valence-corrected chi connectivity index (χ1v) is 9.61. The van der Waals surface area contributed by atoms with Gasteiger partial charge in [-0.3, -0.25) is 0 Å². The van der Waals surface area contributed by atoms with E-state index >= 15 is 0 Å². The van der Waals surface area contributed by atoms with E-state index in [0.29, 0.717) is 5.75 Å². The molecule has 26 heavy (non-hydrogen) atoms. The summed E-state index contributed by atoms with van der Waals surface area (Å²) in [4.78, 5) is 6.86. The second-order valence-corrected chi connectivity index (χ2v) is 7.03. The topological polar surface area (TPSA) is 50.9 Å². The fraction of sp³-hybridized carbons (Fsp3) is 0.409. The molecular weight excluding hydrogens is 322 g/mol. The second-order valence-electron chi connectivity index (χ2n) is 7.03. The molecule has 2 aromatic rings. The van der Waals surface area contributed by atoms with Gasteiger partial charge >= 0.3 is 0 Å². The van der Waals surface area contributed by atoms with Crippen LogP contribution in [0.5, 0.6) is 5.75 Å². The average molecular weight is 351 g/mol. The van der Waals surface area contributed by atoms with Crippen LogP contribution in [-0.4, -0.2) is 30.6 Å². The minimum atomic E-state index is 0.155. The number of nitrogens with two attached hydrogens (primary N) is 1. The number of ether oxygens (including phenoxy) is 1. The Morgan fingerprint density at radius 2 is 1.81 bits per heavy atom. The first-order valence-electron chi connectivity index (χ1n) is 9.61. The maximum Gasteiger partial charge on any atom is 0.292 e. The summed E-state index contributed by atoms with van der Waals surface area (Å²) in [5.74, 6) is 1.67. The Balaban J connectivity index is 1.50. The summed E-state index contributed by atoms with van der Waals surface area (Å²) in [5.41, 5.74) is 7.99. The minimum absolute atomic E-state index is 0.155. The van der Waals surface area contributed by atoms with Gasteiger partial charge in [-0.15, -0.1) is 0 Å². The van der Waals surface area contributed by atoms with Crippen LogP contribution in [0.15, 0.2) is 59.6 Å². The first kappa shape index (κ1) is 18.5. The van der Waals surface area contributed by atoms with Crippen LogP contribution >= 0.6 is 0 Å². The van der Waals surface area contributed by atoms with Gasteiger partial charge in [-0.25, -0.2) is 0 Å². The van der Waals surface area contributed by atoms with Gasteiger partial charge in [0.15, 0.2) is 0 Å². The van der Waals surface area contributed by atoms with Gasteiger partial charge in [0.05, 0.1) is 5.69 Å². The number of nitrogens with zero attached hydrogens (tertiary/aromatic N) is 2. The van der Waals surface area contributed by atoms with E-state index in [4.69, 9.17) is 10.5 Å². The molecule has 0 atom stereocenters. The Hall–Kier alpha value is -2.33. The highest BCUT2D eigenvalue weighted by Crippen LogP contribution is 2.29. The third-order valence-corrected chi connectivity index (χ3v) is 4.61. The van der Waals surface area contributed by atoms with Crippen molar-refractivity contribution in [1.82, 2.24) is 4.90 Å². The van der Waals surface area contributed by atoms with Crippen molar-refractivity contribution in [3.05, 3.63) is 60.2 Å². The summed E-state index contributed by atoms with van der Waals surface area (Å²) < 4.78 is 5.62. The molecule has 0 bridgehead atoms. The number of hydrogen-bond acceptors (Lipinski definition) is 3. The summed E-state index contributed by atoms with van der Waals surface area (Å²) >= 11 is 0. The minimum Gasteiger partial charge on any atom is -0.426 e. The van der Waals surface area contributed by atoms with Gasteiger partial charge in [-0.05, 0) is 68.0 Å². The van der Waals surface area contributed by atoms with Gasteiger partial charge in [0.1, 0.15) is 5.75 Å². The maximum absolute atomic E-state index is 5.88. The largest absolute Gasteiger partial charge is 0.426 e. The highest BCUT2D eigenvalue weighted by Gasteiger charge is 2.23. The van der Waals surface area contributed by atoms with Crippen LogP contribution in [0.1, 0.15) is 31.7 Å². The maximum atomic E-state index is 5.88. The Bertz CT molecular complexity index is 693. The van der Waals surface area contributed by atoms with Crippen molar-refractivity contribution in [3.63, 3.8) is 0 Å². The van der Waals surface area contributed by atoms with Gasteiger partial charge in [0, 0.05) is 13.1 Å². The average Bonchev–Trinajstić information content (AvgIpc) is 3.46. The smallest absolute Gasteiger partial charge is 0.292 e. The van der Waals surface area contributed by atoms with Crippen molar-refractivity contribution in [2.24, 2.45) is 16.6 Å². The quantitative estimate of drug-likeness (QED) is 0.539. The number of amidine groups is 1. The zero-order valence-electron chi connectivity index (χ0n) is 15.6. The van der Waals surface area contributed by atoms with Gasteiger partial charge in [-0.2, -0.15) is 4.99 Å². The van der Waals surface area contributed by atoms with Gasteiger partial charge in [0.2, 0.25) is 0 Å². The Kier molecular flexibility index (Phi) is 6.67. The van der Waals surface area contributed by atoms with Crippen molar-refractivity contribution >= 4 is 11.7 Å². The molecule has 0 amide bonds. The Morgan fingerprint density at radius 1 is 1.08 bits per heavy atom. The molecule has 4 heteroatoms. The van der Waals surface area contributed by atoms with Crippen molar-refractivity contribution in [2.45, 2.75) is 32.6 Å². The molecule has 0 heterocycles. The van der Waals surface area contributed by atoms with Crippen molar-refractivity contribution < 1.29 is 4.74 Å². The lowest BCUT2D eigenvalue weighted by molar-refractivity contribution is 0.266. The Morgan fingerprint density at radius 3 is 2.46 bits per heavy atom. The molecule has 0 aromatic heterocycles. The third-order valence-electron chi connectivity index (χ3n) is 4.61. The molecule has 2 aromatic carbocycles. The van der Waals surface area contributed by atoms with Crippen molar-refractivity contribution in [2.75, 3.05) is 19.6 Å². The van der Waals surface area contributed by atoms with Crippen LogP contribution in [0, 0.1) is 5.92 Å². The standard InChI is InChI=1S/C22H29N3O/c1-2-15-25(17-19-8-9-19)16-14-18-10-12-21(13-11-18)26-22(23)24-20-6-4-3-5-7-20/h3-7,10-13,19H,2,8-9,14-17H2,1H3,(H2,23,24). The van der Waals surface area contributed by atoms with E-state index < -0.39 is 0 Å². The van der Waals surface area contributed by atoms with Crippen LogP contribution in [0.3, 0.4) is 0 Å². The lowest BCUT2D eigenvalue weighted by atomic mass is 10.1. The molecule has 1 saturated carbocycles. The predicted octanol–water partition coefficient (Wildman–Crippen LogP) is 4.38. The van der Waals surface area contributed by atoms with Gasteiger partial charge in [0.25, 0.3) is 6.02 Å². The number of para-hydroxylation sites is 1. The number of aliphatic imine (C=N–C) groups is 1. The van der Waals surface area contributed by atoms with E-state index in [0.717, 1.165) is 24.6 Å². The van der Waals surface area contributed by atoms with Crippen LogP contribution in [0.4, 0.5) is 5.69 Å². The molecule has 1 aliphatic rings. The number of hydrogen-bond donors (Lipinski definition) is 1. The number of rotatable bonds is 9.